The van der Waals surface area contributed by atoms with E-state index in [1.54, 1.807) is 7.11 Å². The molecule has 1 aliphatic rings. The molecular formula is C19H28N4O2. The fourth-order valence-corrected chi connectivity index (χ4v) is 3.39. The Morgan fingerprint density at radius 3 is 2.84 bits per heavy atom. The number of methoxy groups -OCH3 is 1. The minimum absolute atomic E-state index is 0.565. The summed E-state index contributed by atoms with van der Waals surface area (Å²) in [4.78, 5) is 9.50. The van der Waals surface area contributed by atoms with Crippen molar-refractivity contribution in [2.45, 2.75) is 32.4 Å². The van der Waals surface area contributed by atoms with Crippen LogP contribution in [0.15, 0.2) is 34.9 Å². The van der Waals surface area contributed by atoms with Crippen LogP contribution in [-0.4, -0.2) is 65.9 Å². The zero-order valence-corrected chi connectivity index (χ0v) is 15.2. The lowest BCUT2D eigenvalue weighted by molar-refractivity contribution is 0.0423. The quantitative estimate of drug-likeness (QED) is 0.732. The first-order valence-electron chi connectivity index (χ1n) is 9.09. The number of hydrogen-bond donors (Lipinski definition) is 0. The monoisotopic (exact) mass is 344 g/mol. The highest BCUT2D eigenvalue weighted by atomic mass is 16.5. The first-order chi connectivity index (χ1) is 12.3. The average Bonchev–Trinajstić information content (AvgIpc) is 3.08. The van der Waals surface area contributed by atoms with E-state index in [2.05, 4.69) is 39.0 Å². The third-order valence-corrected chi connectivity index (χ3v) is 4.82. The maximum absolute atomic E-state index is 5.46. The van der Waals surface area contributed by atoms with Crippen molar-refractivity contribution in [3.05, 3.63) is 47.6 Å². The first-order valence-corrected chi connectivity index (χ1v) is 9.09. The van der Waals surface area contributed by atoms with Crippen LogP contribution in [0.3, 0.4) is 0 Å². The van der Waals surface area contributed by atoms with E-state index in [4.69, 9.17) is 9.26 Å². The highest BCUT2D eigenvalue weighted by Crippen LogP contribution is 2.15. The van der Waals surface area contributed by atoms with Gasteiger partial charge in [-0.25, -0.2) is 0 Å². The zero-order valence-electron chi connectivity index (χ0n) is 15.2. The molecule has 0 saturated carbocycles. The van der Waals surface area contributed by atoms with Crippen LogP contribution in [0, 0.1) is 0 Å². The SMILES string of the molecule is CC[C@H]1CN(Cc2nc(Cc3ccccc3)no2)CCN1CCOC. The summed E-state index contributed by atoms with van der Waals surface area (Å²) in [5.41, 5.74) is 1.20. The molecule has 2 heterocycles. The van der Waals surface area contributed by atoms with Gasteiger partial charge in [0.15, 0.2) is 5.82 Å². The Bertz CT molecular complexity index is 631. The number of nitrogens with zero attached hydrogens (tertiary/aromatic N) is 4. The van der Waals surface area contributed by atoms with Crippen LogP contribution in [0.5, 0.6) is 0 Å². The number of piperazine rings is 1. The Kier molecular flexibility index (Phi) is 6.55. The maximum atomic E-state index is 5.46. The molecule has 1 aromatic heterocycles. The Balaban J connectivity index is 1.53. The van der Waals surface area contributed by atoms with Crippen molar-refractivity contribution in [3.8, 4) is 0 Å². The lowest BCUT2D eigenvalue weighted by Crippen LogP contribution is -2.53. The van der Waals surface area contributed by atoms with Gasteiger partial charge in [-0.3, -0.25) is 9.80 Å². The fourth-order valence-electron chi connectivity index (χ4n) is 3.39. The molecule has 2 aromatic rings. The largest absolute Gasteiger partial charge is 0.383 e. The summed E-state index contributed by atoms with van der Waals surface area (Å²) in [7, 11) is 1.76. The summed E-state index contributed by atoms with van der Waals surface area (Å²) in [6, 6.07) is 10.8. The molecular weight excluding hydrogens is 316 g/mol. The fraction of sp³-hybridized carbons (Fsp3) is 0.579. The summed E-state index contributed by atoms with van der Waals surface area (Å²) < 4.78 is 10.7. The standard InChI is InChI=1S/C19H28N4O2/c1-3-17-14-22(9-10-23(17)11-12-24-2)15-19-20-18(21-25-19)13-16-7-5-4-6-8-16/h4-8,17H,3,9-15H2,1-2H3/t17-/m0/s1. The van der Waals surface area contributed by atoms with E-state index in [1.807, 2.05) is 18.2 Å². The normalized spacial score (nSPS) is 19.4. The Morgan fingerprint density at radius 2 is 2.08 bits per heavy atom. The van der Waals surface area contributed by atoms with E-state index in [9.17, 15) is 0 Å². The number of rotatable bonds is 8. The topological polar surface area (TPSA) is 54.6 Å². The predicted molar refractivity (Wildman–Crippen MR) is 96.4 cm³/mol. The molecule has 1 aliphatic heterocycles. The van der Waals surface area contributed by atoms with Crippen LogP contribution in [0.25, 0.3) is 0 Å². The van der Waals surface area contributed by atoms with Crippen LogP contribution in [0.2, 0.25) is 0 Å². The van der Waals surface area contributed by atoms with Crippen molar-refractivity contribution >= 4 is 0 Å². The van der Waals surface area contributed by atoms with E-state index in [0.29, 0.717) is 18.4 Å². The van der Waals surface area contributed by atoms with Gasteiger partial charge in [-0.15, -0.1) is 0 Å². The van der Waals surface area contributed by atoms with Gasteiger partial charge in [0.2, 0.25) is 5.89 Å². The molecule has 0 spiro atoms. The van der Waals surface area contributed by atoms with Crippen LogP contribution in [0.1, 0.15) is 30.6 Å². The van der Waals surface area contributed by atoms with Gasteiger partial charge in [0, 0.05) is 45.8 Å². The summed E-state index contributed by atoms with van der Waals surface area (Å²) in [5.74, 6) is 1.47. The van der Waals surface area contributed by atoms with Crippen molar-refractivity contribution in [1.29, 1.82) is 0 Å². The number of aromatic nitrogens is 2. The average molecular weight is 344 g/mol. The second-order valence-electron chi connectivity index (χ2n) is 6.59. The van der Waals surface area contributed by atoms with Crippen LogP contribution < -0.4 is 0 Å². The van der Waals surface area contributed by atoms with Crippen molar-refractivity contribution < 1.29 is 9.26 Å². The molecule has 1 saturated heterocycles. The molecule has 3 rings (SSSR count). The van der Waals surface area contributed by atoms with Gasteiger partial charge in [0.05, 0.1) is 13.2 Å². The van der Waals surface area contributed by atoms with Crippen LogP contribution >= 0.6 is 0 Å². The second-order valence-corrected chi connectivity index (χ2v) is 6.59. The summed E-state index contributed by atoms with van der Waals surface area (Å²) >= 11 is 0. The molecule has 0 bridgehead atoms. The molecule has 6 heteroatoms. The molecule has 0 N–H and O–H groups in total. The van der Waals surface area contributed by atoms with Crippen LogP contribution in [0.4, 0.5) is 0 Å². The van der Waals surface area contributed by atoms with Gasteiger partial charge in [-0.2, -0.15) is 4.98 Å². The molecule has 25 heavy (non-hydrogen) atoms. The molecule has 1 fully saturated rings. The number of benzene rings is 1. The smallest absolute Gasteiger partial charge is 0.240 e. The molecule has 0 radical (unpaired) electrons. The minimum Gasteiger partial charge on any atom is -0.383 e. The lowest BCUT2D eigenvalue weighted by Gasteiger charge is -2.40. The third kappa shape index (κ3) is 5.11. The van der Waals surface area contributed by atoms with Gasteiger partial charge in [0.25, 0.3) is 0 Å². The molecule has 1 aromatic carbocycles. The molecule has 0 amide bonds. The Labute approximate surface area is 149 Å². The third-order valence-electron chi connectivity index (χ3n) is 4.82. The van der Waals surface area contributed by atoms with E-state index in [-0.39, 0.29) is 0 Å². The first kappa shape index (κ1) is 18.0. The van der Waals surface area contributed by atoms with Crippen LogP contribution in [-0.2, 0) is 17.7 Å². The van der Waals surface area contributed by atoms with Crippen molar-refractivity contribution in [2.24, 2.45) is 0 Å². The molecule has 6 nitrogen and oxygen atoms in total. The minimum atomic E-state index is 0.565. The van der Waals surface area contributed by atoms with E-state index < -0.39 is 0 Å². The number of ether oxygens (including phenoxy) is 1. The molecule has 1 atom stereocenters. The summed E-state index contributed by atoms with van der Waals surface area (Å²) in [6.07, 6.45) is 1.86. The lowest BCUT2D eigenvalue weighted by atomic mass is 10.1. The highest BCUT2D eigenvalue weighted by Gasteiger charge is 2.26. The molecule has 136 valence electrons. The Hall–Kier alpha value is -1.76. The predicted octanol–water partition coefficient (Wildman–Crippen LogP) is 2.20. The second kappa shape index (κ2) is 9.08. The summed E-state index contributed by atoms with van der Waals surface area (Å²) in [6.45, 7) is 7.91. The van der Waals surface area contributed by atoms with E-state index >= 15 is 0 Å². The summed E-state index contributed by atoms with van der Waals surface area (Å²) in [5, 5.41) is 4.13. The van der Waals surface area contributed by atoms with Crippen molar-refractivity contribution in [2.75, 3.05) is 39.9 Å². The van der Waals surface area contributed by atoms with Gasteiger partial charge in [-0.05, 0) is 12.0 Å². The number of hydrogen-bond acceptors (Lipinski definition) is 6. The molecule has 0 aliphatic carbocycles. The highest BCUT2D eigenvalue weighted by molar-refractivity contribution is 5.18. The zero-order chi connectivity index (χ0) is 17.5. The van der Waals surface area contributed by atoms with Gasteiger partial charge in [-0.1, -0.05) is 42.4 Å². The molecule has 0 unspecified atom stereocenters. The van der Waals surface area contributed by atoms with E-state index in [0.717, 1.165) is 51.6 Å². The van der Waals surface area contributed by atoms with Crippen molar-refractivity contribution in [3.63, 3.8) is 0 Å². The van der Waals surface area contributed by atoms with E-state index in [1.165, 1.54) is 5.56 Å². The van der Waals surface area contributed by atoms with Crippen molar-refractivity contribution in [1.82, 2.24) is 19.9 Å². The Morgan fingerprint density at radius 1 is 1.24 bits per heavy atom. The maximum Gasteiger partial charge on any atom is 0.240 e. The van der Waals surface area contributed by atoms with Gasteiger partial charge in [0.1, 0.15) is 0 Å². The van der Waals surface area contributed by atoms with Gasteiger partial charge < -0.3 is 9.26 Å². The van der Waals surface area contributed by atoms with Gasteiger partial charge >= 0.3 is 0 Å².